The largest absolute Gasteiger partial charge is 0.354 e. The van der Waals surface area contributed by atoms with Crippen molar-refractivity contribution in [1.82, 2.24) is 5.32 Å². The first-order chi connectivity index (χ1) is 4.54. The van der Waals surface area contributed by atoms with Gasteiger partial charge in [0.25, 0.3) is 5.91 Å². The Balaban J connectivity index is 3.91. The van der Waals surface area contributed by atoms with Crippen molar-refractivity contribution in [2.45, 2.75) is 24.6 Å². The van der Waals surface area contributed by atoms with Crippen LogP contribution in [0.3, 0.4) is 0 Å². The standard InChI is InChI=1S/C6H11Cl2NO/c1-3-6(7,8)5(10)9-4-2/h3-4H2,1-2H3,(H,9,10). The van der Waals surface area contributed by atoms with E-state index in [1.54, 1.807) is 6.92 Å². The number of amides is 1. The Labute approximate surface area is 70.9 Å². The van der Waals surface area contributed by atoms with Crippen LogP contribution in [0.1, 0.15) is 20.3 Å². The summed E-state index contributed by atoms with van der Waals surface area (Å²) >= 11 is 11.2. The minimum Gasteiger partial charge on any atom is -0.354 e. The van der Waals surface area contributed by atoms with E-state index in [9.17, 15) is 4.79 Å². The first kappa shape index (κ1) is 10.0. The molecule has 0 bridgehead atoms. The Hall–Kier alpha value is 0.0500. The molecule has 0 spiro atoms. The second-order valence-corrected chi connectivity index (χ2v) is 3.40. The maximum Gasteiger partial charge on any atom is 0.256 e. The number of carbonyl (C=O) groups excluding carboxylic acids is 1. The van der Waals surface area contributed by atoms with E-state index < -0.39 is 4.33 Å². The van der Waals surface area contributed by atoms with Gasteiger partial charge in [0.1, 0.15) is 0 Å². The molecule has 0 aliphatic heterocycles. The molecule has 0 heterocycles. The van der Waals surface area contributed by atoms with Crippen molar-refractivity contribution in [1.29, 1.82) is 0 Å². The lowest BCUT2D eigenvalue weighted by Crippen LogP contribution is -2.37. The highest BCUT2D eigenvalue weighted by Crippen LogP contribution is 2.24. The molecule has 0 fully saturated rings. The van der Waals surface area contributed by atoms with Crippen molar-refractivity contribution < 1.29 is 4.79 Å². The SMILES string of the molecule is CCNC(=O)C(Cl)(Cl)CC. The molecule has 60 valence electrons. The van der Waals surface area contributed by atoms with E-state index in [1.807, 2.05) is 6.92 Å². The van der Waals surface area contributed by atoms with E-state index in [1.165, 1.54) is 0 Å². The number of nitrogens with one attached hydrogen (secondary N) is 1. The highest BCUT2D eigenvalue weighted by Gasteiger charge is 2.30. The zero-order valence-electron chi connectivity index (χ0n) is 6.08. The van der Waals surface area contributed by atoms with Crippen LogP contribution in [0.4, 0.5) is 0 Å². The van der Waals surface area contributed by atoms with Gasteiger partial charge < -0.3 is 5.32 Å². The lowest BCUT2D eigenvalue weighted by molar-refractivity contribution is -0.121. The van der Waals surface area contributed by atoms with Gasteiger partial charge in [0.05, 0.1) is 0 Å². The molecule has 0 radical (unpaired) electrons. The molecule has 0 saturated heterocycles. The molecule has 0 unspecified atom stereocenters. The molecule has 4 heteroatoms. The Bertz CT molecular complexity index is 125. The van der Waals surface area contributed by atoms with Crippen LogP contribution in [0.15, 0.2) is 0 Å². The zero-order valence-corrected chi connectivity index (χ0v) is 7.59. The third-order valence-corrected chi connectivity index (χ3v) is 1.99. The second-order valence-electron chi connectivity index (χ2n) is 1.92. The van der Waals surface area contributed by atoms with E-state index in [-0.39, 0.29) is 5.91 Å². The summed E-state index contributed by atoms with van der Waals surface area (Å²) in [6.45, 7) is 4.13. The molecule has 0 saturated carbocycles. The van der Waals surface area contributed by atoms with E-state index >= 15 is 0 Å². The monoisotopic (exact) mass is 183 g/mol. The second kappa shape index (κ2) is 4.04. The molecule has 1 amide bonds. The third kappa shape index (κ3) is 2.76. The number of carbonyl (C=O) groups is 1. The smallest absolute Gasteiger partial charge is 0.256 e. The van der Waals surface area contributed by atoms with Gasteiger partial charge in [-0.1, -0.05) is 30.1 Å². The molecule has 0 aromatic heterocycles. The van der Waals surface area contributed by atoms with Crippen LogP contribution in [0, 0.1) is 0 Å². The topological polar surface area (TPSA) is 29.1 Å². The highest BCUT2D eigenvalue weighted by molar-refractivity contribution is 6.58. The van der Waals surface area contributed by atoms with Crippen LogP contribution in [-0.2, 0) is 4.79 Å². The van der Waals surface area contributed by atoms with Crippen molar-refractivity contribution in [3.05, 3.63) is 0 Å². The molecule has 10 heavy (non-hydrogen) atoms. The fourth-order valence-electron chi connectivity index (χ4n) is 0.450. The van der Waals surface area contributed by atoms with E-state index in [4.69, 9.17) is 23.2 Å². The van der Waals surface area contributed by atoms with E-state index in [0.717, 1.165) is 0 Å². The third-order valence-electron chi connectivity index (χ3n) is 1.11. The van der Waals surface area contributed by atoms with E-state index in [2.05, 4.69) is 5.32 Å². The van der Waals surface area contributed by atoms with Crippen LogP contribution in [0.25, 0.3) is 0 Å². The number of alkyl halides is 2. The Morgan fingerprint density at radius 1 is 1.50 bits per heavy atom. The molecular weight excluding hydrogens is 173 g/mol. The van der Waals surface area contributed by atoms with Gasteiger partial charge in [-0.3, -0.25) is 4.79 Å². The Morgan fingerprint density at radius 3 is 2.30 bits per heavy atom. The van der Waals surface area contributed by atoms with Gasteiger partial charge >= 0.3 is 0 Å². The summed E-state index contributed by atoms with van der Waals surface area (Å²) in [6, 6.07) is 0. The van der Waals surface area contributed by atoms with Crippen LogP contribution < -0.4 is 5.32 Å². The zero-order chi connectivity index (χ0) is 8.20. The summed E-state index contributed by atoms with van der Waals surface area (Å²) in [5.41, 5.74) is 0. The fourth-order valence-corrected chi connectivity index (χ4v) is 0.584. The molecule has 2 nitrogen and oxygen atoms in total. The quantitative estimate of drug-likeness (QED) is 0.664. The van der Waals surface area contributed by atoms with Crippen molar-refractivity contribution in [3.8, 4) is 0 Å². The number of hydrogen-bond acceptors (Lipinski definition) is 1. The average Bonchev–Trinajstić information content (AvgIpc) is 1.89. The molecule has 0 rings (SSSR count). The van der Waals surface area contributed by atoms with Gasteiger partial charge in [-0.2, -0.15) is 0 Å². The lowest BCUT2D eigenvalue weighted by Gasteiger charge is -2.15. The Kier molecular flexibility index (Phi) is 4.06. The van der Waals surface area contributed by atoms with Gasteiger partial charge in [-0.15, -0.1) is 0 Å². The van der Waals surface area contributed by atoms with Crippen LogP contribution in [0.2, 0.25) is 0 Å². The summed E-state index contributed by atoms with van der Waals surface area (Å²) < 4.78 is -1.25. The van der Waals surface area contributed by atoms with Crippen LogP contribution in [-0.4, -0.2) is 16.8 Å². The van der Waals surface area contributed by atoms with Crippen molar-refractivity contribution in [2.75, 3.05) is 6.54 Å². The van der Waals surface area contributed by atoms with Gasteiger partial charge in [0, 0.05) is 6.54 Å². The number of rotatable bonds is 3. The highest BCUT2D eigenvalue weighted by atomic mass is 35.5. The maximum absolute atomic E-state index is 10.9. The molecule has 0 atom stereocenters. The van der Waals surface area contributed by atoms with E-state index in [0.29, 0.717) is 13.0 Å². The predicted molar refractivity (Wildman–Crippen MR) is 43.4 cm³/mol. The number of halogens is 2. The Morgan fingerprint density at radius 2 is 2.00 bits per heavy atom. The average molecular weight is 184 g/mol. The summed E-state index contributed by atoms with van der Waals surface area (Å²) in [5, 5.41) is 2.53. The first-order valence-electron chi connectivity index (χ1n) is 3.20. The number of hydrogen-bond donors (Lipinski definition) is 1. The van der Waals surface area contributed by atoms with Crippen LogP contribution in [0.5, 0.6) is 0 Å². The van der Waals surface area contributed by atoms with Crippen molar-refractivity contribution in [2.24, 2.45) is 0 Å². The molecule has 0 aromatic carbocycles. The van der Waals surface area contributed by atoms with Crippen LogP contribution >= 0.6 is 23.2 Å². The molecule has 0 aromatic rings. The lowest BCUT2D eigenvalue weighted by atomic mass is 10.3. The van der Waals surface area contributed by atoms with Gasteiger partial charge in [-0.25, -0.2) is 0 Å². The van der Waals surface area contributed by atoms with Gasteiger partial charge in [0.2, 0.25) is 0 Å². The molecule has 1 N–H and O–H groups in total. The maximum atomic E-state index is 10.9. The van der Waals surface area contributed by atoms with Gasteiger partial charge in [0.15, 0.2) is 4.33 Å². The van der Waals surface area contributed by atoms with Crippen molar-refractivity contribution in [3.63, 3.8) is 0 Å². The predicted octanol–water partition coefficient (Wildman–Crippen LogP) is 1.71. The minimum atomic E-state index is -1.25. The molecule has 0 aliphatic rings. The van der Waals surface area contributed by atoms with Crippen molar-refractivity contribution >= 4 is 29.1 Å². The summed E-state index contributed by atoms with van der Waals surface area (Å²) in [7, 11) is 0. The van der Waals surface area contributed by atoms with Gasteiger partial charge in [-0.05, 0) is 13.3 Å². The summed E-state index contributed by atoms with van der Waals surface area (Å²) in [4.78, 5) is 10.9. The summed E-state index contributed by atoms with van der Waals surface area (Å²) in [6.07, 6.45) is 0.419. The fraction of sp³-hybridized carbons (Fsp3) is 0.833. The molecular formula is C6H11Cl2NO. The minimum absolute atomic E-state index is 0.319. The normalized spacial score (nSPS) is 11.2. The molecule has 0 aliphatic carbocycles. The summed E-state index contributed by atoms with van der Waals surface area (Å²) in [5.74, 6) is -0.319. The first-order valence-corrected chi connectivity index (χ1v) is 3.96.